The minimum Gasteiger partial charge on any atom is -0.456 e. The van der Waals surface area contributed by atoms with Crippen molar-refractivity contribution < 1.29 is 8.83 Å². The number of hydrogen-bond donors (Lipinski definition) is 0. The van der Waals surface area contributed by atoms with Crippen LogP contribution in [-0.4, -0.2) is 6.54 Å². The summed E-state index contributed by atoms with van der Waals surface area (Å²) < 4.78 is 14.6. The highest BCUT2D eigenvalue weighted by molar-refractivity contribution is 6.36. The van der Waals surface area contributed by atoms with Gasteiger partial charge in [-0.15, -0.1) is 0 Å². The molecule has 2 aliphatic rings. The lowest BCUT2D eigenvalue weighted by Gasteiger charge is -2.34. The molecule has 0 N–H and O–H groups in total. The van der Waals surface area contributed by atoms with Crippen LogP contribution in [0.4, 0.5) is 28.4 Å². The topological polar surface area (TPSA) is 32.8 Å². The highest BCUT2D eigenvalue weighted by atomic mass is 16.3. The summed E-state index contributed by atoms with van der Waals surface area (Å²) in [5, 5.41) is 20.8. The Kier molecular flexibility index (Phi) is 11.4. The smallest absolute Gasteiger partial charge is 0.145 e. The van der Waals surface area contributed by atoms with Gasteiger partial charge in [0, 0.05) is 60.9 Å². The Labute approximate surface area is 549 Å². The summed E-state index contributed by atoms with van der Waals surface area (Å²) in [5.41, 5.74) is 20.9. The van der Waals surface area contributed by atoms with Gasteiger partial charge < -0.3 is 18.6 Å². The third-order valence-electron chi connectivity index (χ3n) is 21.3. The van der Waals surface area contributed by atoms with E-state index in [2.05, 4.69) is 323 Å². The number of anilines is 5. The van der Waals surface area contributed by atoms with Crippen molar-refractivity contribution in [2.75, 3.05) is 16.3 Å². The molecule has 0 unspecified atom stereocenters. The quantitative estimate of drug-likeness (QED) is 0.149. The molecular formula is C91H62N2O2. The summed E-state index contributed by atoms with van der Waals surface area (Å²) in [6.07, 6.45) is 2.44. The van der Waals surface area contributed by atoms with Crippen molar-refractivity contribution in [1.29, 1.82) is 0 Å². The van der Waals surface area contributed by atoms with Gasteiger partial charge in [0.2, 0.25) is 0 Å². The number of nitrogens with zero attached hydrogens (tertiary/aromatic N) is 2. The van der Waals surface area contributed by atoms with E-state index in [4.69, 9.17) is 8.83 Å². The van der Waals surface area contributed by atoms with Crippen molar-refractivity contribution in [3.8, 4) is 22.3 Å². The molecule has 2 aromatic heterocycles. The van der Waals surface area contributed by atoms with Crippen molar-refractivity contribution in [2.45, 2.75) is 39.0 Å². The van der Waals surface area contributed by atoms with Crippen LogP contribution in [0, 0.1) is 0 Å². The zero-order chi connectivity index (χ0) is 62.9. The zero-order valence-corrected chi connectivity index (χ0v) is 53.1. The average molecular weight is 1220 g/mol. The van der Waals surface area contributed by atoms with E-state index in [1.807, 2.05) is 0 Å². The van der Waals surface area contributed by atoms with E-state index in [1.54, 1.807) is 0 Å². The van der Waals surface area contributed by atoms with Crippen LogP contribution in [0.15, 0.2) is 294 Å². The molecule has 0 spiro atoms. The normalized spacial score (nSPS) is 13.7. The van der Waals surface area contributed by atoms with Crippen LogP contribution in [0.25, 0.3) is 147 Å². The van der Waals surface area contributed by atoms with E-state index in [0.717, 1.165) is 105 Å². The highest BCUT2D eigenvalue weighted by Crippen LogP contribution is 2.58. The summed E-state index contributed by atoms with van der Waals surface area (Å²) >= 11 is 0. The molecule has 0 saturated heterocycles. The summed E-state index contributed by atoms with van der Waals surface area (Å²) in [6.45, 7) is 10.1. The second kappa shape index (κ2) is 20.1. The molecule has 20 rings (SSSR count). The van der Waals surface area contributed by atoms with Crippen LogP contribution in [0.3, 0.4) is 0 Å². The summed E-state index contributed by atoms with van der Waals surface area (Å²) in [6, 6.07) is 104. The molecule has 16 aromatic carbocycles. The first-order valence-corrected chi connectivity index (χ1v) is 33.4. The van der Waals surface area contributed by atoms with Crippen LogP contribution in [0.5, 0.6) is 0 Å². The van der Waals surface area contributed by atoms with E-state index < -0.39 is 0 Å². The van der Waals surface area contributed by atoms with Gasteiger partial charge >= 0.3 is 0 Å². The van der Waals surface area contributed by atoms with E-state index in [1.165, 1.54) is 98.6 Å². The van der Waals surface area contributed by atoms with Gasteiger partial charge in [-0.2, -0.15) is 0 Å². The van der Waals surface area contributed by atoms with Crippen LogP contribution in [0.1, 0.15) is 61.4 Å². The molecule has 1 aliphatic carbocycles. The third-order valence-corrected chi connectivity index (χ3v) is 21.3. The molecule has 4 nitrogen and oxygen atoms in total. The number of para-hydroxylation sites is 2. The summed E-state index contributed by atoms with van der Waals surface area (Å²) in [4.78, 5) is 5.19. The Morgan fingerprint density at radius 1 is 0.358 bits per heavy atom. The van der Waals surface area contributed by atoms with Gasteiger partial charge in [0.25, 0.3) is 0 Å². The van der Waals surface area contributed by atoms with Gasteiger partial charge in [0.15, 0.2) is 0 Å². The SMILES string of the molecule is CC(C)c1ccc2oc3ccc4c(N(c5cccc6c5C(C)(C)c5ccccc5-6)c5cc6ccccc6c6ccc(-c7ccc8c(ccc9ccccc98)c7)cc56)cc5cc(N6CC=C(c7cccc8ccccc78)c7ccccc76)c6c7ccccc7oc6c5c4c3c2c1. The fourth-order valence-corrected chi connectivity index (χ4v) is 16.9. The van der Waals surface area contributed by atoms with E-state index in [0.29, 0.717) is 12.5 Å². The van der Waals surface area contributed by atoms with Crippen LogP contribution < -0.4 is 9.80 Å². The average Bonchev–Trinajstić information content (AvgIpc) is 1.58. The fourth-order valence-electron chi connectivity index (χ4n) is 16.9. The molecular weight excluding hydrogens is 1150 g/mol. The molecule has 18 aromatic rings. The monoisotopic (exact) mass is 1210 g/mol. The Morgan fingerprint density at radius 3 is 1.81 bits per heavy atom. The Morgan fingerprint density at radius 2 is 0.958 bits per heavy atom. The largest absolute Gasteiger partial charge is 0.456 e. The maximum absolute atomic E-state index is 7.55. The summed E-state index contributed by atoms with van der Waals surface area (Å²) in [7, 11) is 0. The zero-order valence-electron chi connectivity index (χ0n) is 53.1. The number of rotatable bonds is 7. The van der Waals surface area contributed by atoms with Crippen LogP contribution in [0.2, 0.25) is 0 Å². The standard InChI is InChI=1S/C91H62N2O2/c1-53(2)56-39-43-83-75(48-56)87-84(94-83)44-42-72-79(51-61-52-81(86-73-28-13-16-34-82(73)95-90(86)85(61)88(72)87)92-46-45-68(70-27-12-15-32-77(70)92)66-29-17-22-54-19-5-9-24-63(54)66)93(78-33-18-30-71-69-26-11-14-31-76(69)91(3,4)89(71)78)80-50-59-21-7-10-25-64(59)67-41-38-58(49-74(67)80)57-37-40-65-60(47-57)36-35-55-20-6-8-23-62(55)65/h5-45,47-53H,46H2,1-4H3. The molecule has 0 bridgehead atoms. The molecule has 0 fully saturated rings. The summed E-state index contributed by atoms with van der Waals surface area (Å²) in [5.74, 6) is 0.294. The predicted molar refractivity (Wildman–Crippen MR) is 402 cm³/mol. The second-order valence-electron chi connectivity index (χ2n) is 27.1. The van der Waals surface area contributed by atoms with Gasteiger partial charge in [-0.1, -0.05) is 240 Å². The van der Waals surface area contributed by atoms with Gasteiger partial charge in [-0.05, 0) is 183 Å². The minimum atomic E-state index is -0.380. The lowest BCUT2D eigenvalue weighted by atomic mass is 9.81. The lowest BCUT2D eigenvalue weighted by molar-refractivity contribution is 0.661. The van der Waals surface area contributed by atoms with E-state index >= 15 is 0 Å². The number of hydrogen-bond acceptors (Lipinski definition) is 4. The van der Waals surface area contributed by atoms with Crippen molar-refractivity contribution >= 4 is 153 Å². The molecule has 4 heteroatoms. The first-order chi connectivity index (χ1) is 46.7. The van der Waals surface area contributed by atoms with Crippen LogP contribution in [-0.2, 0) is 5.41 Å². The first-order valence-electron chi connectivity index (χ1n) is 33.4. The third kappa shape index (κ3) is 7.83. The fraction of sp³-hybridized carbons (Fsp3) is 0.0769. The number of benzene rings is 16. The van der Waals surface area contributed by atoms with E-state index in [-0.39, 0.29) is 5.41 Å². The number of furan rings is 2. The first kappa shape index (κ1) is 53.9. The number of fused-ring (bicyclic) bond motifs is 22. The molecule has 1 aliphatic heterocycles. The molecule has 0 saturated carbocycles. The lowest BCUT2D eigenvalue weighted by Crippen LogP contribution is -2.22. The minimum absolute atomic E-state index is 0.294. The van der Waals surface area contributed by atoms with Crippen molar-refractivity contribution in [1.82, 2.24) is 0 Å². The van der Waals surface area contributed by atoms with E-state index in [9.17, 15) is 0 Å². The molecule has 0 atom stereocenters. The predicted octanol–water partition coefficient (Wildman–Crippen LogP) is 25.7. The Balaban J connectivity index is 0.931. The molecule has 448 valence electrons. The highest BCUT2D eigenvalue weighted by Gasteiger charge is 2.40. The van der Waals surface area contributed by atoms with Gasteiger partial charge in [-0.25, -0.2) is 0 Å². The molecule has 0 amide bonds. The van der Waals surface area contributed by atoms with Crippen LogP contribution >= 0.6 is 0 Å². The maximum atomic E-state index is 7.55. The Hall–Kier alpha value is -11.7. The second-order valence-corrected chi connectivity index (χ2v) is 27.1. The van der Waals surface area contributed by atoms with Gasteiger partial charge in [0.05, 0.1) is 28.1 Å². The molecule has 95 heavy (non-hydrogen) atoms. The van der Waals surface area contributed by atoms with Crippen molar-refractivity contribution in [3.05, 3.63) is 313 Å². The van der Waals surface area contributed by atoms with Gasteiger partial charge in [-0.3, -0.25) is 0 Å². The molecule has 3 heterocycles. The Bertz CT molecular complexity index is 6410. The maximum Gasteiger partial charge on any atom is 0.145 e. The van der Waals surface area contributed by atoms with Crippen molar-refractivity contribution in [2.24, 2.45) is 0 Å². The molecule has 0 radical (unpaired) electrons. The van der Waals surface area contributed by atoms with Crippen molar-refractivity contribution in [3.63, 3.8) is 0 Å². The van der Waals surface area contributed by atoms with Gasteiger partial charge in [0.1, 0.15) is 22.3 Å².